The summed E-state index contributed by atoms with van der Waals surface area (Å²) in [5.74, 6) is 0.893. The molecule has 0 saturated heterocycles. The fourth-order valence-corrected chi connectivity index (χ4v) is 2.29. The van der Waals surface area contributed by atoms with Crippen molar-refractivity contribution >= 4 is 17.4 Å². The molecule has 0 radical (unpaired) electrons. The Kier molecular flexibility index (Phi) is 3.02. The molecule has 0 unspecified atom stereocenters. The lowest BCUT2D eigenvalue weighted by Gasteiger charge is -2.05. The number of aryl methyl sites for hydroxylation is 1. The predicted octanol–water partition coefficient (Wildman–Crippen LogP) is 3.46. The zero-order chi connectivity index (χ0) is 10.7. The van der Waals surface area contributed by atoms with E-state index in [1.165, 1.54) is 11.1 Å². The normalized spacial score (nSPS) is 10.5. The molecular weight excluding hydrogens is 206 g/mol. The van der Waals surface area contributed by atoms with Crippen LogP contribution in [-0.2, 0) is 5.75 Å². The van der Waals surface area contributed by atoms with Gasteiger partial charge in [0.25, 0.3) is 0 Å². The molecule has 0 spiro atoms. The van der Waals surface area contributed by atoms with Gasteiger partial charge in [-0.15, -0.1) is 11.8 Å². The lowest BCUT2D eigenvalue weighted by atomic mass is 10.2. The second-order valence-electron chi connectivity index (χ2n) is 3.46. The number of benzene rings is 1. The highest BCUT2D eigenvalue weighted by atomic mass is 32.2. The summed E-state index contributed by atoms with van der Waals surface area (Å²) >= 11 is 1.73. The summed E-state index contributed by atoms with van der Waals surface area (Å²) < 4.78 is 5.01. The first kappa shape index (κ1) is 10.2. The lowest BCUT2D eigenvalue weighted by molar-refractivity contribution is 0.565. The maximum Gasteiger partial charge on any atom is 0.0943 e. The molecule has 1 heterocycles. The highest BCUT2D eigenvalue weighted by Crippen LogP contribution is 2.28. The number of nitrogens with two attached hydrogens (primary N) is 1. The van der Waals surface area contributed by atoms with Gasteiger partial charge in [-0.05, 0) is 30.7 Å². The lowest BCUT2D eigenvalue weighted by Crippen LogP contribution is -1.89. The predicted molar refractivity (Wildman–Crippen MR) is 63.9 cm³/mol. The number of anilines is 1. The number of nitrogen functional groups attached to an aromatic ring is 1. The van der Waals surface area contributed by atoms with Gasteiger partial charge in [-0.2, -0.15) is 0 Å². The van der Waals surface area contributed by atoms with Crippen LogP contribution in [0.5, 0.6) is 0 Å². The van der Waals surface area contributed by atoms with E-state index in [-0.39, 0.29) is 0 Å². The molecular formula is C12H13NOS. The molecule has 0 atom stereocenters. The third-order valence-electron chi connectivity index (χ3n) is 2.14. The van der Waals surface area contributed by atoms with E-state index < -0.39 is 0 Å². The van der Waals surface area contributed by atoms with Crippen molar-refractivity contribution in [3.05, 3.63) is 47.9 Å². The van der Waals surface area contributed by atoms with Crippen LogP contribution in [0.4, 0.5) is 5.69 Å². The van der Waals surface area contributed by atoms with Crippen molar-refractivity contribution in [3.63, 3.8) is 0 Å². The summed E-state index contributed by atoms with van der Waals surface area (Å²) in [4.78, 5) is 1.14. The molecule has 78 valence electrons. The maximum atomic E-state index is 5.88. The largest absolute Gasteiger partial charge is 0.472 e. The molecule has 0 amide bonds. The second-order valence-corrected chi connectivity index (χ2v) is 4.48. The summed E-state index contributed by atoms with van der Waals surface area (Å²) in [5, 5.41) is 0. The molecule has 0 saturated carbocycles. The van der Waals surface area contributed by atoms with E-state index in [2.05, 4.69) is 13.0 Å². The fraction of sp³-hybridized carbons (Fsp3) is 0.167. The summed E-state index contributed by atoms with van der Waals surface area (Å²) in [5.41, 5.74) is 9.14. The smallest absolute Gasteiger partial charge is 0.0943 e. The topological polar surface area (TPSA) is 39.2 Å². The Hall–Kier alpha value is -1.35. The molecule has 0 aliphatic rings. The van der Waals surface area contributed by atoms with Gasteiger partial charge in [0.2, 0.25) is 0 Å². The summed E-state index contributed by atoms with van der Waals surface area (Å²) in [6.45, 7) is 2.07. The van der Waals surface area contributed by atoms with Gasteiger partial charge in [0.1, 0.15) is 0 Å². The molecule has 0 fully saturated rings. The molecule has 2 rings (SSSR count). The summed E-state index contributed by atoms with van der Waals surface area (Å²) in [7, 11) is 0. The first-order valence-electron chi connectivity index (χ1n) is 4.76. The van der Waals surface area contributed by atoms with Crippen LogP contribution in [0.2, 0.25) is 0 Å². The summed E-state index contributed by atoms with van der Waals surface area (Å²) in [6, 6.07) is 8.06. The molecule has 0 aliphatic heterocycles. The Morgan fingerprint density at radius 2 is 2.20 bits per heavy atom. The molecule has 2 aromatic rings. The molecule has 0 bridgehead atoms. The first-order chi connectivity index (χ1) is 7.25. The van der Waals surface area contributed by atoms with Crippen molar-refractivity contribution < 1.29 is 4.42 Å². The van der Waals surface area contributed by atoms with Crippen LogP contribution in [0, 0.1) is 6.92 Å². The quantitative estimate of drug-likeness (QED) is 0.634. The molecule has 2 nitrogen and oxygen atoms in total. The van der Waals surface area contributed by atoms with Crippen molar-refractivity contribution in [2.45, 2.75) is 17.6 Å². The standard InChI is InChI=1S/C12H13NOS/c1-9-2-3-11(13)12(6-9)15-8-10-4-5-14-7-10/h2-7H,8,13H2,1H3. The van der Waals surface area contributed by atoms with Crippen molar-refractivity contribution in [1.29, 1.82) is 0 Å². The zero-order valence-electron chi connectivity index (χ0n) is 8.57. The number of rotatable bonds is 3. The fourth-order valence-electron chi connectivity index (χ4n) is 1.30. The minimum Gasteiger partial charge on any atom is -0.472 e. The Bertz CT molecular complexity index is 437. The minimum atomic E-state index is 0.842. The van der Waals surface area contributed by atoms with E-state index in [0.717, 1.165) is 16.3 Å². The van der Waals surface area contributed by atoms with Crippen LogP contribution >= 0.6 is 11.8 Å². The van der Waals surface area contributed by atoms with Crippen LogP contribution in [0.25, 0.3) is 0 Å². The van der Waals surface area contributed by atoms with E-state index in [9.17, 15) is 0 Å². The average Bonchev–Trinajstić information content (AvgIpc) is 2.72. The maximum absolute atomic E-state index is 5.88. The van der Waals surface area contributed by atoms with E-state index >= 15 is 0 Å². The molecule has 3 heteroatoms. The van der Waals surface area contributed by atoms with Gasteiger partial charge in [-0.3, -0.25) is 0 Å². The van der Waals surface area contributed by atoms with Crippen molar-refractivity contribution in [2.75, 3.05) is 5.73 Å². The minimum absolute atomic E-state index is 0.842. The van der Waals surface area contributed by atoms with Gasteiger partial charge in [-0.1, -0.05) is 6.07 Å². The third kappa shape index (κ3) is 2.57. The van der Waals surface area contributed by atoms with Crippen molar-refractivity contribution in [2.24, 2.45) is 0 Å². The van der Waals surface area contributed by atoms with Crippen molar-refractivity contribution in [3.8, 4) is 0 Å². The van der Waals surface area contributed by atoms with Gasteiger partial charge in [0.15, 0.2) is 0 Å². The molecule has 1 aromatic heterocycles. The van der Waals surface area contributed by atoms with Crippen LogP contribution < -0.4 is 5.73 Å². The molecule has 15 heavy (non-hydrogen) atoms. The van der Waals surface area contributed by atoms with Crippen molar-refractivity contribution in [1.82, 2.24) is 0 Å². The number of thioether (sulfide) groups is 1. The summed E-state index contributed by atoms with van der Waals surface area (Å²) in [6.07, 6.45) is 3.45. The van der Waals surface area contributed by atoms with Gasteiger partial charge in [0, 0.05) is 21.9 Å². The number of furan rings is 1. The van der Waals surface area contributed by atoms with Crippen LogP contribution in [0.15, 0.2) is 46.1 Å². The highest BCUT2D eigenvalue weighted by molar-refractivity contribution is 7.98. The van der Waals surface area contributed by atoms with Crippen LogP contribution in [0.1, 0.15) is 11.1 Å². The zero-order valence-corrected chi connectivity index (χ0v) is 9.38. The Morgan fingerprint density at radius 1 is 1.33 bits per heavy atom. The van der Waals surface area contributed by atoms with E-state index in [4.69, 9.17) is 10.2 Å². The number of hydrogen-bond donors (Lipinski definition) is 1. The first-order valence-corrected chi connectivity index (χ1v) is 5.74. The Labute approximate surface area is 93.5 Å². The molecule has 1 aromatic carbocycles. The van der Waals surface area contributed by atoms with E-state index in [1.54, 1.807) is 24.3 Å². The monoisotopic (exact) mass is 219 g/mol. The van der Waals surface area contributed by atoms with E-state index in [0.29, 0.717) is 0 Å². The SMILES string of the molecule is Cc1ccc(N)c(SCc2ccoc2)c1. The van der Waals surface area contributed by atoms with E-state index in [1.807, 2.05) is 18.2 Å². The number of hydrogen-bond acceptors (Lipinski definition) is 3. The Morgan fingerprint density at radius 3 is 2.93 bits per heavy atom. The van der Waals surface area contributed by atoms with Crippen LogP contribution in [-0.4, -0.2) is 0 Å². The van der Waals surface area contributed by atoms with Gasteiger partial charge < -0.3 is 10.2 Å². The molecule has 2 N–H and O–H groups in total. The van der Waals surface area contributed by atoms with Crippen LogP contribution in [0.3, 0.4) is 0 Å². The second kappa shape index (κ2) is 4.45. The molecule has 0 aliphatic carbocycles. The highest BCUT2D eigenvalue weighted by Gasteiger charge is 2.01. The van der Waals surface area contributed by atoms with Gasteiger partial charge >= 0.3 is 0 Å². The average molecular weight is 219 g/mol. The Balaban J connectivity index is 2.07. The third-order valence-corrected chi connectivity index (χ3v) is 3.29. The van der Waals surface area contributed by atoms with Gasteiger partial charge in [0.05, 0.1) is 12.5 Å². The van der Waals surface area contributed by atoms with Gasteiger partial charge in [-0.25, -0.2) is 0 Å².